The fourth-order valence-electron chi connectivity index (χ4n) is 2.78. The van der Waals surface area contributed by atoms with Crippen LogP contribution in [0.3, 0.4) is 0 Å². The highest BCUT2D eigenvalue weighted by atomic mass is 127. The van der Waals surface area contributed by atoms with Gasteiger partial charge in [0, 0.05) is 38.0 Å². The van der Waals surface area contributed by atoms with Gasteiger partial charge in [-0.1, -0.05) is 12.1 Å². The smallest absolute Gasteiger partial charge is 0.194 e. The lowest BCUT2D eigenvalue weighted by Crippen LogP contribution is -2.38. The SMILES string of the molecule is CN=C(NCc1ncc(C)c(OC)c1C)N(C)Cc1cccc(F)c1.I. The van der Waals surface area contributed by atoms with Gasteiger partial charge in [-0.3, -0.25) is 9.98 Å². The second-order valence-electron chi connectivity index (χ2n) is 5.93. The average molecular weight is 472 g/mol. The fourth-order valence-corrected chi connectivity index (χ4v) is 2.78. The predicted molar refractivity (Wildman–Crippen MR) is 114 cm³/mol. The summed E-state index contributed by atoms with van der Waals surface area (Å²) in [6, 6.07) is 6.57. The molecule has 0 aliphatic rings. The number of methoxy groups -OCH3 is 1. The standard InChI is InChI=1S/C19H25FN4O.HI/c1-13-10-22-17(14(2)18(13)25-5)11-23-19(21-3)24(4)12-15-7-6-8-16(20)9-15;/h6-10H,11-12H2,1-5H3,(H,21,23);1H. The lowest BCUT2D eigenvalue weighted by molar-refractivity contribution is 0.406. The number of aliphatic imine (C=N–C) groups is 1. The van der Waals surface area contributed by atoms with Crippen molar-refractivity contribution in [2.45, 2.75) is 26.9 Å². The van der Waals surface area contributed by atoms with E-state index in [-0.39, 0.29) is 29.8 Å². The van der Waals surface area contributed by atoms with E-state index >= 15 is 0 Å². The van der Waals surface area contributed by atoms with Crippen molar-refractivity contribution in [1.29, 1.82) is 0 Å². The number of pyridine rings is 1. The molecule has 26 heavy (non-hydrogen) atoms. The number of benzene rings is 1. The molecule has 0 atom stereocenters. The molecule has 0 aliphatic heterocycles. The molecule has 1 aromatic carbocycles. The lowest BCUT2D eigenvalue weighted by atomic mass is 10.1. The van der Waals surface area contributed by atoms with Gasteiger partial charge in [-0.05, 0) is 31.5 Å². The zero-order valence-corrected chi connectivity index (χ0v) is 18.2. The molecule has 0 amide bonds. The zero-order valence-electron chi connectivity index (χ0n) is 15.8. The maximum Gasteiger partial charge on any atom is 0.194 e. The van der Waals surface area contributed by atoms with Gasteiger partial charge in [0.1, 0.15) is 11.6 Å². The van der Waals surface area contributed by atoms with E-state index in [9.17, 15) is 4.39 Å². The van der Waals surface area contributed by atoms with Crippen molar-refractivity contribution in [1.82, 2.24) is 15.2 Å². The molecule has 0 saturated carbocycles. The number of aromatic nitrogens is 1. The number of guanidine groups is 1. The number of hydrogen-bond acceptors (Lipinski definition) is 3. The van der Waals surface area contributed by atoms with E-state index in [1.165, 1.54) is 12.1 Å². The molecule has 1 aromatic heterocycles. The summed E-state index contributed by atoms with van der Waals surface area (Å²) in [5.41, 5.74) is 3.81. The van der Waals surface area contributed by atoms with E-state index in [2.05, 4.69) is 15.3 Å². The third-order valence-corrected chi connectivity index (χ3v) is 4.05. The molecule has 0 bridgehead atoms. The van der Waals surface area contributed by atoms with E-state index < -0.39 is 0 Å². The van der Waals surface area contributed by atoms with Gasteiger partial charge in [-0.25, -0.2) is 4.39 Å². The van der Waals surface area contributed by atoms with Crippen molar-refractivity contribution < 1.29 is 9.13 Å². The number of nitrogens with zero attached hydrogens (tertiary/aromatic N) is 3. The quantitative estimate of drug-likeness (QED) is 0.410. The summed E-state index contributed by atoms with van der Waals surface area (Å²) in [7, 11) is 5.30. The van der Waals surface area contributed by atoms with E-state index in [1.54, 1.807) is 20.2 Å². The molecule has 2 aromatic rings. The maximum atomic E-state index is 13.3. The van der Waals surface area contributed by atoms with Crippen molar-refractivity contribution in [3.05, 3.63) is 58.7 Å². The van der Waals surface area contributed by atoms with Gasteiger partial charge >= 0.3 is 0 Å². The van der Waals surface area contributed by atoms with Gasteiger partial charge < -0.3 is 15.0 Å². The summed E-state index contributed by atoms with van der Waals surface area (Å²) in [5.74, 6) is 1.33. The summed E-state index contributed by atoms with van der Waals surface area (Å²) in [5, 5.41) is 3.30. The van der Waals surface area contributed by atoms with E-state index in [0.717, 1.165) is 28.1 Å². The highest BCUT2D eigenvalue weighted by Gasteiger charge is 2.12. The van der Waals surface area contributed by atoms with Crippen LogP contribution < -0.4 is 10.1 Å². The van der Waals surface area contributed by atoms with Gasteiger partial charge in [0.15, 0.2) is 5.96 Å². The average Bonchev–Trinajstić information content (AvgIpc) is 2.57. The Morgan fingerprint density at radius 3 is 2.69 bits per heavy atom. The molecular formula is C19H26FIN4O. The second kappa shape index (κ2) is 10.3. The highest BCUT2D eigenvalue weighted by Crippen LogP contribution is 2.23. The van der Waals surface area contributed by atoms with Crippen molar-refractivity contribution >= 4 is 29.9 Å². The monoisotopic (exact) mass is 472 g/mol. The molecule has 0 spiro atoms. The number of ether oxygens (including phenoxy) is 1. The summed E-state index contributed by atoms with van der Waals surface area (Å²) < 4.78 is 18.8. The summed E-state index contributed by atoms with van der Waals surface area (Å²) in [4.78, 5) is 10.7. The third-order valence-electron chi connectivity index (χ3n) is 4.05. The topological polar surface area (TPSA) is 49.8 Å². The molecule has 2 rings (SSSR count). The Bertz CT molecular complexity index is 767. The van der Waals surface area contributed by atoms with Crippen molar-refractivity contribution in [2.24, 2.45) is 4.99 Å². The Morgan fingerprint density at radius 2 is 2.08 bits per heavy atom. The molecule has 0 aliphatic carbocycles. The predicted octanol–water partition coefficient (Wildman–Crippen LogP) is 3.67. The first-order chi connectivity index (χ1) is 12.0. The Kier molecular flexibility index (Phi) is 8.77. The van der Waals surface area contributed by atoms with E-state index in [1.807, 2.05) is 38.1 Å². The van der Waals surface area contributed by atoms with Gasteiger partial charge in [-0.15, -0.1) is 24.0 Å². The largest absolute Gasteiger partial charge is 0.496 e. The molecule has 142 valence electrons. The Labute approximate surface area is 171 Å². The first-order valence-electron chi connectivity index (χ1n) is 8.11. The highest BCUT2D eigenvalue weighted by molar-refractivity contribution is 14.0. The molecule has 5 nitrogen and oxygen atoms in total. The van der Waals surface area contributed by atoms with Gasteiger partial charge in [-0.2, -0.15) is 0 Å². The molecule has 0 saturated heterocycles. The fraction of sp³-hybridized carbons (Fsp3) is 0.368. The molecule has 0 radical (unpaired) electrons. The minimum absolute atomic E-state index is 0. The van der Waals surface area contributed by atoms with Crippen molar-refractivity contribution in [3.8, 4) is 5.75 Å². The van der Waals surface area contributed by atoms with Gasteiger partial charge in [0.25, 0.3) is 0 Å². The molecule has 0 unspecified atom stereocenters. The number of nitrogens with one attached hydrogen (secondary N) is 1. The third kappa shape index (κ3) is 5.55. The van der Waals surface area contributed by atoms with E-state index in [0.29, 0.717) is 19.0 Å². The normalized spacial score (nSPS) is 10.9. The number of aryl methyl sites for hydroxylation is 1. The molecule has 7 heteroatoms. The lowest BCUT2D eigenvalue weighted by Gasteiger charge is -2.22. The zero-order chi connectivity index (χ0) is 18.4. The first-order valence-corrected chi connectivity index (χ1v) is 8.11. The van der Waals surface area contributed by atoms with Crippen molar-refractivity contribution in [2.75, 3.05) is 21.2 Å². The number of halogens is 2. The van der Waals surface area contributed by atoms with Crippen LogP contribution >= 0.6 is 24.0 Å². The minimum atomic E-state index is -0.236. The number of hydrogen-bond donors (Lipinski definition) is 1. The first kappa shape index (κ1) is 22.1. The van der Waals surface area contributed by atoms with Crippen LogP contribution in [0, 0.1) is 19.7 Å². The van der Waals surface area contributed by atoms with Crippen LogP contribution in [0.15, 0.2) is 35.5 Å². The van der Waals surface area contributed by atoms with Crippen LogP contribution in [-0.4, -0.2) is 37.0 Å². The van der Waals surface area contributed by atoms with Gasteiger partial charge in [0.2, 0.25) is 0 Å². The van der Waals surface area contributed by atoms with Crippen LogP contribution in [0.5, 0.6) is 5.75 Å². The Morgan fingerprint density at radius 1 is 1.35 bits per heavy atom. The van der Waals surface area contributed by atoms with E-state index in [4.69, 9.17) is 4.74 Å². The van der Waals surface area contributed by atoms with Crippen LogP contribution in [0.4, 0.5) is 4.39 Å². The van der Waals surface area contributed by atoms with Crippen LogP contribution in [0.2, 0.25) is 0 Å². The van der Waals surface area contributed by atoms with Gasteiger partial charge in [0.05, 0.1) is 19.3 Å². The van der Waals surface area contributed by atoms with Crippen LogP contribution in [0.25, 0.3) is 0 Å². The van der Waals surface area contributed by atoms with Crippen LogP contribution in [0.1, 0.15) is 22.4 Å². The minimum Gasteiger partial charge on any atom is -0.496 e. The number of rotatable bonds is 5. The molecule has 0 fully saturated rings. The van der Waals surface area contributed by atoms with Crippen LogP contribution in [-0.2, 0) is 13.1 Å². The Hall–Kier alpha value is -1.90. The molecular weight excluding hydrogens is 446 g/mol. The van der Waals surface area contributed by atoms with Crippen molar-refractivity contribution in [3.63, 3.8) is 0 Å². The summed E-state index contributed by atoms with van der Waals surface area (Å²) in [6.45, 7) is 5.06. The summed E-state index contributed by atoms with van der Waals surface area (Å²) in [6.07, 6.45) is 1.81. The molecule has 1 N–H and O–H groups in total. The molecule has 1 heterocycles. The summed E-state index contributed by atoms with van der Waals surface area (Å²) >= 11 is 0. The Balaban J connectivity index is 0.00000338. The maximum absolute atomic E-state index is 13.3. The second-order valence-corrected chi connectivity index (χ2v) is 5.93.